The molecule has 0 N–H and O–H groups in total. The maximum atomic E-state index is 13.4. The predicted octanol–water partition coefficient (Wildman–Crippen LogP) is 2.88. The molecule has 0 aromatic heterocycles. The fourth-order valence-corrected chi connectivity index (χ4v) is 1.87. The SMILES string of the molecule is N#Cc1cc(I)cc(C(=O)CBr)c1F. The lowest BCUT2D eigenvalue weighted by atomic mass is 10.1. The molecular weight excluding hydrogens is 364 g/mol. The van der Waals surface area contributed by atoms with Crippen molar-refractivity contribution in [1.82, 2.24) is 0 Å². The summed E-state index contributed by atoms with van der Waals surface area (Å²) in [5.41, 5.74) is -0.133. The van der Waals surface area contributed by atoms with Crippen molar-refractivity contribution in [3.63, 3.8) is 0 Å². The summed E-state index contributed by atoms with van der Waals surface area (Å²) in [5, 5.41) is 8.66. The fourth-order valence-electron chi connectivity index (χ4n) is 0.945. The molecule has 0 amide bonds. The first-order chi connectivity index (χ1) is 6.60. The molecule has 0 saturated heterocycles. The molecule has 0 saturated carbocycles. The number of rotatable bonds is 2. The van der Waals surface area contributed by atoms with Crippen molar-refractivity contribution >= 4 is 44.3 Å². The molecule has 1 aromatic rings. The molecule has 0 aliphatic rings. The summed E-state index contributed by atoms with van der Waals surface area (Å²) < 4.78 is 14.1. The summed E-state index contributed by atoms with van der Waals surface area (Å²) in [6.45, 7) is 0. The van der Waals surface area contributed by atoms with Crippen molar-refractivity contribution in [3.8, 4) is 6.07 Å². The first kappa shape index (κ1) is 11.6. The van der Waals surface area contributed by atoms with Gasteiger partial charge in [-0.3, -0.25) is 4.79 Å². The Morgan fingerprint density at radius 1 is 1.64 bits per heavy atom. The average molecular weight is 368 g/mol. The third-order valence-corrected chi connectivity index (χ3v) is 2.71. The quantitative estimate of drug-likeness (QED) is 0.458. The van der Waals surface area contributed by atoms with Crippen molar-refractivity contribution in [2.24, 2.45) is 0 Å². The zero-order valence-corrected chi connectivity index (χ0v) is 10.6. The molecule has 14 heavy (non-hydrogen) atoms. The van der Waals surface area contributed by atoms with E-state index in [-0.39, 0.29) is 22.2 Å². The van der Waals surface area contributed by atoms with Gasteiger partial charge in [0.15, 0.2) is 11.6 Å². The molecule has 0 heterocycles. The van der Waals surface area contributed by atoms with E-state index in [9.17, 15) is 9.18 Å². The van der Waals surface area contributed by atoms with Gasteiger partial charge in [-0.15, -0.1) is 0 Å². The van der Waals surface area contributed by atoms with Gasteiger partial charge in [-0.25, -0.2) is 4.39 Å². The van der Waals surface area contributed by atoms with Gasteiger partial charge in [-0.1, -0.05) is 15.9 Å². The topological polar surface area (TPSA) is 40.9 Å². The van der Waals surface area contributed by atoms with Crippen molar-refractivity contribution in [2.45, 2.75) is 0 Å². The molecular formula is C9H4BrFINO. The van der Waals surface area contributed by atoms with E-state index in [1.807, 2.05) is 22.6 Å². The van der Waals surface area contributed by atoms with Gasteiger partial charge >= 0.3 is 0 Å². The van der Waals surface area contributed by atoms with E-state index >= 15 is 0 Å². The monoisotopic (exact) mass is 367 g/mol. The Morgan fingerprint density at radius 2 is 2.29 bits per heavy atom. The van der Waals surface area contributed by atoms with Crippen LogP contribution in [0, 0.1) is 20.7 Å². The molecule has 0 fully saturated rings. The number of nitriles is 1. The lowest BCUT2D eigenvalue weighted by molar-refractivity contribution is 0.102. The molecule has 1 rings (SSSR count). The number of carbonyl (C=O) groups excluding carboxylic acids is 1. The second kappa shape index (κ2) is 4.84. The van der Waals surface area contributed by atoms with Gasteiger partial charge in [0.05, 0.1) is 16.5 Å². The Balaban J connectivity index is 3.38. The minimum atomic E-state index is -0.739. The third-order valence-electron chi connectivity index (χ3n) is 1.58. The van der Waals surface area contributed by atoms with Crippen LogP contribution in [-0.4, -0.2) is 11.1 Å². The molecule has 72 valence electrons. The lowest BCUT2D eigenvalue weighted by Crippen LogP contribution is -2.05. The van der Waals surface area contributed by atoms with Gasteiger partial charge in [-0.2, -0.15) is 5.26 Å². The summed E-state index contributed by atoms with van der Waals surface area (Å²) in [7, 11) is 0. The standard InChI is InChI=1S/C9H4BrFINO/c10-3-8(14)7-2-6(12)1-5(4-13)9(7)11/h1-2H,3H2. The van der Waals surface area contributed by atoms with Crippen LogP contribution in [0.3, 0.4) is 0 Å². The molecule has 0 atom stereocenters. The van der Waals surface area contributed by atoms with E-state index in [0.717, 1.165) is 0 Å². The summed E-state index contributed by atoms with van der Waals surface area (Å²) in [5.74, 6) is -1.10. The first-order valence-electron chi connectivity index (χ1n) is 3.58. The molecule has 0 bridgehead atoms. The second-order valence-corrected chi connectivity index (χ2v) is 4.29. The van der Waals surface area contributed by atoms with Crippen LogP contribution in [0.5, 0.6) is 0 Å². The van der Waals surface area contributed by atoms with Crippen molar-refractivity contribution < 1.29 is 9.18 Å². The predicted molar refractivity (Wildman–Crippen MR) is 62.0 cm³/mol. The number of ketones is 1. The van der Waals surface area contributed by atoms with Crippen molar-refractivity contribution in [3.05, 3.63) is 32.6 Å². The first-order valence-corrected chi connectivity index (χ1v) is 5.78. The average Bonchev–Trinajstić information content (AvgIpc) is 2.19. The second-order valence-electron chi connectivity index (χ2n) is 2.48. The molecule has 0 unspecified atom stereocenters. The zero-order valence-electron chi connectivity index (χ0n) is 6.85. The highest BCUT2D eigenvalue weighted by Crippen LogP contribution is 2.18. The Hall–Kier alpha value is -0.480. The number of halogens is 3. The zero-order chi connectivity index (χ0) is 10.7. The number of benzene rings is 1. The van der Waals surface area contributed by atoms with Crippen LogP contribution in [0.2, 0.25) is 0 Å². The molecule has 0 aliphatic heterocycles. The Labute approximate surface area is 102 Å². The lowest BCUT2D eigenvalue weighted by Gasteiger charge is -2.02. The van der Waals surface area contributed by atoms with Crippen LogP contribution < -0.4 is 0 Å². The summed E-state index contributed by atoms with van der Waals surface area (Å²) in [6, 6.07) is 4.54. The van der Waals surface area contributed by atoms with Crippen LogP contribution >= 0.6 is 38.5 Å². The molecule has 5 heteroatoms. The summed E-state index contributed by atoms with van der Waals surface area (Å²) >= 11 is 4.89. The van der Waals surface area contributed by atoms with Crippen LogP contribution in [0.25, 0.3) is 0 Å². The fraction of sp³-hybridized carbons (Fsp3) is 0.111. The van der Waals surface area contributed by atoms with E-state index in [4.69, 9.17) is 5.26 Å². The Kier molecular flexibility index (Phi) is 4.01. The Morgan fingerprint density at radius 3 is 2.79 bits per heavy atom. The highest BCUT2D eigenvalue weighted by Gasteiger charge is 2.15. The minimum Gasteiger partial charge on any atom is -0.293 e. The van der Waals surface area contributed by atoms with Gasteiger partial charge in [0.25, 0.3) is 0 Å². The Bertz CT molecular complexity index is 428. The van der Waals surface area contributed by atoms with Gasteiger partial charge < -0.3 is 0 Å². The number of Topliss-reactive ketones (excluding diaryl/α,β-unsaturated/α-hetero) is 1. The van der Waals surface area contributed by atoms with E-state index < -0.39 is 5.82 Å². The highest BCUT2D eigenvalue weighted by molar-refractivity contribution is 14.1. The molecule has 0 aliphatic carbocycles. The van der Waals surface area contributed by atoms with Crippen LogP contribution in [0.15, 0.2) is 12.1 Å². The van der Waals surface area contributed by atoms with Gasteiger partial charge in [0.2, 0.25) is 0 Å². The maximum Gasteiger partial charge on any atom is 0.176 e. The molecule has 0 radical (unpaired) electrons. The molecule has 1 aromatic carbocycles. The molecule has 2 nitrogen and oxygen atoms in total. The van der Waals surface area contributed by atoms with Crippen molar-refractivity contribution in [1.29, 1.82) is 5.26 Å². The van der Waals surface area contributed by atoms with E-state index in [2.05, 4.69) is 15.9 Å². The number of carbonyl (C=O) groups is 1. The third kappa shape index (κ3) is 2.30. The number of hydrogen-bond donors (Lipinski definition) is 0. The van der Waals surface area contributed by atoms with Crippen molar-refractivity contribution in [2.75, 3.05) is 5.33 Å². The van der Waals surface area contributed by atoms with E-state index in [0.29, 0.717) is 3.57 Å². The highest BCUT2D eigenvalue weighted by atomic mass is 127. The summed E-state index contributed by atoms with van der Waals surface area (Å²) in [4.78, 5) is 11.3. The van der Waals surface area contributed by atoms with Crippen LogP contribution in [0.1, 0.15) is 15.9 Å². The van der Waals surface area contributed by atoms with E-state index in [1.54, 1.807) is 6.07 Å². The van der Waals surface area contributed by atoms with E-state index in [1.165, 1.54) is 12.1 Å². The smallest absolute Gasteiger partial charge is 0.176 e. The van der Waals surface area contributed by atoms with Crippen LogP contribution in [-0.2, 0) is 0 Å². The van der Waals surface area contributed by atoms with Gasteiger partial charge in [-0.05, 0) is 34.7 Å². The largest absolute Gasteiger partial charge is 0.293 e. The van der Waals surface area contributed by atoms with Crippen LogP contribution in [0.4, 0.5) is 4.39 Å². The van der Waals surface area contributed by atoms with Gasteiger partial charge in [0.1, 0.15) is 6.07 Å². The van der Waals surface area contributed by atoms with Gasteiger partial charge in [0, 0.05) is 3.57 Å². The summed E-state index contributed by atoms with van der Waals surface area (Å²) in [6.07, 6.45) is 0. The number of hydrogen-bond acceptors (Lipinski definition) is 2. The maximum absolute atomic E-state index is 13.4. The normalized spacial score (nSPS) is 9.57. The number of nitrogens with zero attached hydrogens (tertiary/aromatic N) is 1. The minimum absolute atomic E-state index is 0.0367. The number of alkyl halides is 1. The molecule has 0 spiro atoms.